The second-order valence-electron chi connectivity index (χ2n) is 5.34. The molecule has 0 spiro atoms. The molecule has 1 N–H and O–H groups in total. The molecule has 0 aliphatic carbocycles. The highest BCUT2D eigenvalue weighted by molar-refractivity contribution is 4.79. The van der Waals surface area contributed by atoms with Gasteiger partial charge in [0.15, 0.2) is 0 Å². The molecular weight excluding hydrogens is 270 g/mol. The van der Waals surface area contributed by atoms with Gasteiger partial charge in [0.05, 0.1) is 33.0 Å². The molecule has 0 saturated carbocycles. The van der Waals surface area contributed by atoms with Crippen molar-refractivity contribution >= 4 is 0 Å². The summed E-state index contributed by atoms with van der Waals surface area (Å²) < 4.78 is 21.0. The third-order valence-electron chi connectivity index (χ3n) is 4.06. The van der Waals surface area contributed by atoms with Gasteiger partial charge in [0.2, 0.25) is 0 Å². The van der Waals surface area contributed by atoms with E-state index in [1.54, 1.807) is 14.2 Å². The van der Waals surface area contributed by atoms with Gasteiger partial charge < -0.3 is 24.3 Å². The van der Waals surface area contributed by atoms with Gasteiger partial charge in [-0.15, -0.1) is 0 Å². The first-order valence-electron chi connectivity index (χ1n) is 8.08. The van der Waals surface area contributed by atoms with Gasteiger partial charge in [0.1, 0.15) is 0 Å². The van der Waals surface area contributed by atoms with Crippen LogP contribution in [0.15, 0.2) is 0 Å². The van der Waals surface area contributed by atoms with E-state index in [4.69, 9.17) is 18.9 Å². The largest absolute Gasteiger partial charge is 0.383 e. The van der Waals surface area contributed by atoms with E-state index in [0.717, 1.165) is 45.6 Å². The van der Waals surface area contributed by atoms with Crippen molar-refractivity contribution in [1.82, 2.24) is 5.32 Å². The first kappa shape index (κ1) is 20.8. The number of methoxy groups -OCH3 is 2. The van der Waals surface area contributed by atoms with Gasteiger partial charge >= 0.3 is 0 Å². The SMILES string of the molecule is CCC(CC)(CCOCCOCCOC)CNCCOC. The van der Waals surface area contributed by atoms with Crippen molar-refractivity contribution in [3.05, 3.63) is 0 Å². The molecule has 0 aromatic heterocycles. The van der Waals surface area contributed by atoms with Crippen LogP contribution in [0.5, 0.6) is 0 Å². The average Bonchev–Trinajstić information content (AvgIpc) is 2.52. The van der Waals surface area contributed by atoms with E-state index in [1.807, 2.05) is 0 Å². The predicted molar refractivity (Wildman–Crippen MR) is 85.9 cm³/mol. The highest BCUT2D eigenvalue weighted by atomic mass is 16.5. The number of ether oxygens (including phenoxy) is 4. The monoisotopic (exact) mass is 305 g/mol. The summed E-state index contributed by atoms with van der Waals surface area (Å²) >= 11 is 0. The standard InChI is InChI=1S/C16H35NO4/c1-5-16(6-2,15-17-8-10-18-3)7-9-20-13-14-21-12-11-19-4/h17H,5-15H2,1-4H3. The second kappa shape index (κ2) is 14.7. The van der Waals surface area contributed by atoms with E-state index in [9.17, 15) is 0 Å². The minimum Gasteiger partial charge on any atom is -0.383 e. The Kier molecular flexibility index (Phi) is 14.6. The molecule has 0 aliphatic rings. The van der Waals surface area contributed by atoms with E-state index >= 15 is 0 Å². The fraction of sp³-hybridized carbons (Fsp3) is 1.00. The Labute approximate surface area is 130 Å². The van der Waals surface area contributed by atoms with Crippen LogP contribution in [0.3, 0.4) is 0 Å². The zero-order chi connectivity index (χ0) is 15.8. The summed E-state index contributed by atoms with van der Waals surface area (Å²) in [6.45, 7) is 10.6. The van der Waals surface area contributed by atoms with Crippen LogP contribution in [0, 0.1) is 5.41 Å². The summed E-state index contributed by atoms with van der Waals surface area (Å²) in [5, 5.41) is 3.49. The summed E-state index contributed by atoms with van der Waals surface area (Å²) in [5.74, 6) is 0. The zero-order valence-electron chi connectivity index (χ0n) is 14.4. The Bertz CT molecular complexity index is 210. The molecular formula is C16H35NO4. The molecule has 0 aromatic rings. The lowest BCUT2D eigenvalue weighted by Gasteiger charge is -2.32. The quantitative estimate of drug-likeness (QED) is 0.443. The van der Waals surface area contributed by atoms with E-state index in [-0.39, 0.29) is 0 Å². The van der Waals surface area contributed by atoms with Crippen molar-refractivity contribution in [3.63, 3.8) is 0 Å². The van der Waals surface area contributed by atoms with Gasteiger partial charge in [-0.25, -0.2) is 0 Å². The third-order valence-corrected chi connectivity index (χ3v) is 4.06. The first-order valence-corrected chi connectivity index (χ1v) is 8.08. The lowest BCUT2D eigenvalue weighted by atomic mass is 9.79. The van der Waals surface area contributed by atoms with Crippen LogP contribution in [-0.4, -0.2) is 67.0 Å². The van der Waals surface area contributed by atoms with Crippen LogP contribution in [0.25, 0.3) is 0 Å². The Morgan fingerprint density at radius 2 is 1.33 bits per heavy atom. The summed E-state index contributed by atoms with van der Waals surface area (Å²) in [6, 6.07) is 0. The molecule has 0 heterocycles. The fourth-order valence-corrected chi connectivity index (χ4v) is 2.22. The Balaban J connectivity index is 3.72. The molecule has 0 aliphatic heterocycles. The maximum Gasteiger partial charge on any atom is 0.0701 e. The molecule has 0 amide bonds. The Morgan fingerprint density at radius 3 is 1.90 bits per heavy atom. The lowest BCUT2D eigenvalue weighted by molar-refractivity contribution is 0.0154. The van der Waals surface area contributed by atoms with Crippen molar-refractivity contribution in [1.29, 1.82) is 0 Å². The van der Waals surface area contributed by atoms with Crippen LogP contribution in [0.4, 0.5) is 0 Å². The summed E-state index contributed by atoms with van der Waals surface area (Å²) in [7, 11) is 3.41. The minimum atomic E-state index is 0.324. The van der Waals surface area contributed by atoms with Crippen LogP contribution >= 0.6 is 0 Å². The predicted octanol–water partition coefficient (Wildman–Crippen LogP) is 2.10. The Hall–Kier alpha value is -0.200. The van der Waals surface area contributed by atoms with Crippen molar-refractivity contribution in [2.24, 2.45) is 5.41 Å². The van der Waals surface area contributed by atoms with E-state index in [0.29, 0.717) is 31.8 Å². The van der Waals surface area contributed by atoms with Crippen LogP contribution < -0.4 is 5.32 Å². The highest BCUT2D eigenvalue weighted by Gasteiger charge is 2.25. The van der Waals surface area contributed by atoms with Crippen LogP contribution in [0.2, 0.25) is 0 Å². The van der Waals surface area contributed by atoms with Gasteiger partial charge in [-0.2, -0.15) is 0 Å². The van der Waals surface area contributed by atoms with Crippen molar-refractivity contribution in [3.8, 4) is 0 Å². The van der Waals surface area contributed by atoms with Gasteiger partial charge in [-0.3, -0.25) is 0 Å². The fourth-order valence-electron chi connectivity index (χ4n) is 2.22. The number of hydrogen-bond acceptors (Lipinski definition) is 5. The first-order chi connectivity index (χ1) is 10.2. The normalized spacial score (nSPS) is 12.0. The third kappa shape index (κ3) is 11.1. The molecule has 0 fully saturated rings. The molecule has 0 rings (SSSR count). The molecule has 128 valence electrons. The Morgan fingerprint density at radius 1 is 0.762 bits per heavy atom. The van der Waals surface area contributed by atoms with Crippen LogP contribution in [-0.2, 0) is 18.9 Å². The second-order valence-corrected chi connectivity index (χ2v) is 5.34. The zero-order valence-corrected chi connectivity index (χ0v) is 14.4. The van der Waals surface area contributed by atoms with Crippen molar-refractivity contribution in [2.75, 3.05) is 67.0 Å². The maximum absolute atomic E-state index is 5.68. The molecule has 5 nitrogen and oxygen atoms in total. The number of nitrogens with one attached hydrogen (secondary N) is 1. The minimum absolute atomic E-state index is 0.324. The molecule has 0 atom stereocenters. The summed E-state index contributed by atoms with van der Waals surface area (Å²) in [6.07, 6.45) is 3.41. The van der Waals surface area contributed by atoms with E-state index in [1.165, 1.54) is 0 Å². The van der Waals surface area contributed by atoms with Crippen molar-refractivity contribution in [2.45, 2.75) is 33.1 Å². The average molecular weight is 305 g/mol. The number of hydrogen-bond donors (Lipinski definition) is 1. The summed E-state index contributed by atoms with van der Waals surface area (Å²) in [5.41, 5.74) is 0.324. The topological polar surface area (TPSA) is 49.0 Å². The molecule has 0 aromatic carbocycles. The van der Waals surface area contributed by atoms with E-state index in [2.05, 4.69) is 19.2 Å². The molecule has 0 bridgehead atoms. The molecule has 0 unspecified atom stereocenters. The number of rotatable bonds is 16. The maximum atomic E-state index is 5.68. The molecule has 0 radical (unpaired) electrons. The molecule has 0 saturated heterocycles. The molecule has 5 heteroatoms. The van der Waals surface area contributed by atoms with E-state index < -0.39 is 0 Å². The van der Waals surface area contributed by atoms with Gasteiger partial charge in [0.25, 0.3) is 0 Å². The smallest absolute Gasteiger partial charge is 0.0701 e. The van der Waals surface area contributed by atoms with Crippen LogP contribution in [0.1, 0.15) is 33.1 Å². The van der Waals surface area contributed by atoms with Crippen molar-refractivity contribution < 1.29 is 18.9 Å². The highest BCUT2D eigenvalue weighted by Crippen LogP contribution is 2.29. The summed E-state index contributed by atoms with van der Waals surface area (Å²) in [4.78, 5) is 0. The van der Waals surface area contributed by atoms with Gasteiger partial charge in [-0.05, 0) is 24.7 Å². The van der Waals surface area contributed by atoms with Gasteiger partial charge in [-0.1, -0.05) is 13.8 Å². The van der Waals surface area contributed by atoms with Gasteiger partial charge in [0, 0.05) is 33.9 Å². The lowest BCUT2D eigenvalue weighted by Crippen LogP contribution is -2.36. The molecule has 21 heavy (non-hydrogen) atoms.